The van der Waals surface area contributed by atoms with Crippen molar-refractivity contribution in [3.8, 4) is 17.2 Å². The lowest BCUT2D eigenvalue weighted by Crippen LogP contribution is -2.21. The highest BCUT2D eigenvalue weighted by molar-refractivity contribution is 6.31. The Morgan fingerprint density at radius 3 is 2.28 bits per heavy atom. The van der Waals surface area contributed by atoms with Gasteiger partial charge in [0.1, 0.15) is 0 Å². The Kier molecular flexibility index (Phi) is 7.58. The van der Waals surface area contributed by atoms with Crippen molar-refractivity contribution in [2.24, 2.45) is 0 Å². The number of rotatable bonds is 8. The number of carbonyl (C=O) groups is 1. The number of carbonyl (C=O) groups excluding carboxylic acids is 1. The highest BCUT2D eigenvalue weighted by atomic mass is 35.5. The molecule has 0 aliphatic carbocycles. The van der Waals surface area contributed by atoms with Crippen molar-refractivity contribution in [2.75, 3.05) is 32.8 Å². The van der Waals surface area contributed by atoms with Crippen LogP contribution in [0.15, 0.2) is 30.3 Å². The minimum atomic E-state index is -4.65. The third kappa shape index (κ3) is 5.91. The predicted octanol–water partition coefficient (Wildman–Crippen LogP) is 3.93. The van der Waals surface area contributed by atoms with Gasteiger partial charge in [-0.1, -0.05) is 11.6 Å². The molecule has 29 heavy (non-hydrogen) atoms. The van der Waals surface area contributed by atoms with Crippen molar-refractivity contribution in [3.63, 3.8) is 0 Å². The molecule has 0 atom stereocenters. The molecule has 1 amide bonds. The number of benzene rings is 2. The first-order chi connectivity index (χ1) is 13.7. The van der Waals surface area contributed by atoms with Gasteiger partial charge in [0.15, 0.2) is 18.1 Å². The molecule has 2 aromatic rings. The van der Waals surface area contributed by atoms with Gasteiger partial charge in [0.2, 0.25) is 5.75 Å². The second-order valence-electron chi connectivity index (χ2n) is 5.83. The lowest BCUT2D eigenvalue weighted by molar-refractivity contribution is -0.137. The minimum Gasteiger partial charge on any atom is -0.493 e. The Hall–Kier alpha value is -2.65. The Morgan fingerprint density at radius 2 is 1.76 bits per heavy atom. The molecule has 0 aliphatic heterocycles. The standard InChI is InChI=1S/C19H19ClF3NO5/c1-27-15-7-11(5-6-25)8-16(28-2)18(15)29-10-17(26)24-12-3-4-14(20)13(9-12)19(21,22)23/h3-4,7-9,25H,5-6,10H2,1-2H3,(H,24,26). The van der Waals surface area contributed by atoms with E-state index < -0.39 is 29.3 Å². The average Bonchev–Trinajstić information content (AvgIpc) is 2.67. The summed E-state index contributed by atoms with van der Waals surface area (Å²) in [4.78, 5) is 12.1. The van der Waals surface area contributed by atoms with Crippen LogP contribution in [0.5, 0.6) is 17.2 Å². The second-order valence-corrected chi connectivity index (χ2v) is 6.24. The quantitative estimate of drug-likeness (QED) is 0.659. The van der Waals surface area contributed by atoms with E-state index in [1.165, 1.54) is 20.3 Å². The molecule has 0 aliphatic rings. The van der Waals surface area contributed by atoms with Crippen LogP contribution < -0.4 is 19.5 Å². The van der Waals surface area contributed by atoms with E-state index in [-0.39, 0.29) is 29.5 Å². The fraction of sp³-hybridized carbons (Fsp3) is 0.316. The fourth-order valence-electron chi connectivity index (χ4n) is 2.50. The third-order valence-corrected chi connectivity index (χ3v) is 4.15. The number of ether oxygens (including phenoxy) is 3. The summed E-state index contributed by atoms with van der Waals surface area (Å²) in [5.41, 5.74) is -0.396. The lowest BCUT2D eigenvalue weighted by atomic mass is 10.1. The molecule has 2 N–H and O–H groups in total. The molecule has 0 saturated carbocycles. The van der Waals surface area contributed by atoms with Gasteiger partial charge in [-0.3, -0.25) is 4.79 Å². The highest BCUT2D eigenvalue weighted by Crippen LogP contribution is 2.39. The van der Waals surface area contributed by atoms with Crippen LogP contribution in [0.25, 0.3) is 0 Å². The molecule has 10 heteroatoms. The van der Waals surface area contributed by atoms with E-state index in [9.17, 15) is 18.0 Å². The van der Waals surface area contributed by atoms with Crippen molar-refractivity contribution in [1.29, 1.82) is 0 Å². The third-order valence-electron chi connectivity index (χ3n) is 3.82. The second kappa shape index (κ2) is 9.71. The zero-order chi connectivity index (χ0) is 21.6. The van der Waals surface area contributed by atoms with Gasteiger partial charge in [0, 0.05) is 12.3 Å². The highest BCUT2D eigenvalue weighted by Gasteiger charge is 2.33. The van der Waals surface area contributed by atoms with Gasteiger partial charge >= 0.3 is 6.18 Å². The minimum absolute atomic E-state index is 0.0735. The van der Waals surface area contributed by atoms with E-state index >= 15 is 0 Å². The summed E-state index contributed by atoms with van der Waals surface area (Å²) in [6, 6.07) is 6.29. The smallest absolute Gasteiger partial charge is 0.417 e. The number of hydrogen-bond donors (Lipinski definition) is 2. The van der Waals surface area contributed by atoms with E-state index in [2.05, 4.69) is 5.32 Å². The normalized spacial score (nSPS) is 11.1. The van der Waals surface area contributed by atoms with Crippen molar-refractivity contribution in [2.45, 2.75) is 12.6 Å². The number of aliphatic hydroxyl groups is 1. The molecule has 0 aromatic heterocycles. The first kappa shape index (κ1) is 22.6. The summed E-state index contributed by atoms with van der Waals surface area (Å²) in [6.07, 6.45) is -4.28. The first-order valence-electron chi connectivity index (χ1n) is 8.34. The van der Waals surface area contributed by atoms with E-state index in [1.807, 2.05) is 0 Å². The average molecular weight is 434 g/mol. The van der Waals surface area contributed by atoms with E-state index in [4.69, 9.17) is 30.9 Å². The van der Waals surface area contributed by atoms with Gasteiger partial charge in [-0.15, -0.1) is 0 Å². The molecule has 0 spiro atoms. The molecule has 2 rings (SSSR count). The summed E-state index contributed by atoms with van der Waals surface area (Å²) in [6.45, 7) is -0.577. The maximum atomic E-state index is 12.9. The predicted molar refractivity (Wildman–Crippen MR) is 101 cm³/mol. The number of hydrogen-bond acceptors (Lipinski definition) is 5. The van der Waals surface area contributed by atoms with Gasteiger partial charge < -0.3 is 24.6 Å². The Balaban J connectivity index is 2.13. The topological polar surface area (TPSA) is 77.0 Å². The van der Waals surface area contributed by atoms with Crippen molar-refractivity contribution in [1.82, 2.24) is 0 Å². The van der Waals surface area contributed by atoms with E-state index in [0.717, 1.165) is 17.7 Å². The zero-order valence-corrected chi connectivity index (χ0v) is 16.4. The Morgan fingerprint density at radius 1 is 1.14 bits per heavy atom. The van der Waals surface area contributed by atoms with Crippen LogP contribution in [0.1, 0.15) is 11.1 Å². The number of anilines is 1. The van der Waals surface area contributed by atoms with Gasteiger partial charge in [-0.2, -0.15) is 13.2 Å². The lowest BCUT2D eigenvalue weighted by Gasteiger charge is -2.16. The van der Waals surface area contributed by atoms with Gasteiger partial charge in [-0.25, -0.2) is 0 Å². The summed E-state index contributed by atoms with van der Waals surface area (Å²) < 4.78 is 54.7. The molecule has 2 aromatic carbocycles. The summed E-state index contributed by atoms with van der Waals surface area (Å²) >= 11 is 5.56. The van der Waals surface area contributed by atoms with E-state index in [0.29, 0.717) is 6.42 Å². The number of nitrogens with one attached hydrogen (secondary N) is 1. The molecular formula is C19H19ClF3NO5. The number of aliphatic hydroxyl groups excluding tert-OH is 1. The number of alkyl halides is 3. The molecular weight excluding hydrogens is 415 g/mol. The van der Waals surface area contributed by atoms with Crippen LogP contribution in [-0.4, -0.2) is 38.4 Å². The number of amides is 1. The Bertz CT molecular complexity index is 848. The van der Waals surface area contributed by atoms with Crippen molar-refractivity contribution < 1.29 is 37.3 Å². The maximum absolute atomic E-state index is 12.9. The monoisotopic (exact) mass is 433 g/mol. The summed E-state index contributed by atoms with van der Waals surface area (Å²) in [5.74, 6) is 0.0285. The van der Waals surface area contributed by atoms with Crippen LogP contribution in [0.4, 0.5) is 18.9 Å². The molecule has 0 bridgehead atoms. The fourth-order valence-corrected chi connectivity index (χ4v) is 2.73. The largest absolute Gasteiger partial charge is 0.493 e. The van der Waals surface area contributed by atoms with Crippen molar-refractivity contribution >= 4 is 23.2 Å². The molecule has 0 unspecified atom stereocenters. The number of methoxy groups -OCH3 is 2. The zero-order valence-electron chi connectivity index (χ0n) is 15.6. The SMILES string of the molecule is COc1cc(CCO)cc(OC)c1OCC(=O)Nc1ccc(Cl)c(C(F)(F)F)c1. The Labute approximate surface area is 170 Å². The van der Waals surface area contributed by atoms with Crippen molar-refractivity contribution in [3.05, 3.63) is 46.5 Å². The molecule has 158 valence electrons. The maximum Gasteiger partial charge on any atom is 0.417 e. The van der Waals surface area contributed by atoms with Crippen LogP contribution >= 0.6 is 11.6 Å². The van der Waals surface area contributed by atoms with Gasteiger partial charge in [0.25, 0.3) is 5.91 Å². The summed E-state index contributed by atoms with van der Waals surface area (Å²) in [7, 11) is 2.80. The van der Waals surface area contributed by atoms with Crippen LogP contribution in [0.2, 0.25) is 5.02 Å². The van der Waals surface area contributed by atoms with E-state index in [1.54, 1.807) is 12.1 Å². The van der Waals surface area contributed by atoms with Gasteiger partial charge in [0.05, 0.1) is 24.8 Å². The molecule has 6 nitrogen and oxygen atoms in total. The first-order valence-corrected chi connectivity index (χ1v) is 8.72. The molecule has 0 fully saturated rings. The molecule has 0 heterocycles. The molecule has 0 radical (unpaired) electrons. The molecule has 0 saturated heterocycles. The van der Waals surface area contributed by atoms with Crippen LogP contribution in [0.3, 0.4) is 0 Å². The van der Waals surface area contributed by atoms with Crippen LogP contribution in [0, 0.1) is 0 Å². The summed E-state index contributed by atoms with van der Waals surface area (Å²) in [5, 5.41) is 10.9. The number of halogens is 4. The van der Waals surface area contributed by atoms with Crippen LogP contribution in [-0.2, 0) is 17.4 Å². The van der Waals surface area contributed by atoms with Gasteiger partial charge in [-0.05, 0) is 42.3 Å².